The molecule has 22 heavy (non-hydrogen) atoms. The van der Waals surface area contributed by atoms with Crippen LogP contribution in [-0.4, -0.2) is 26.2 Å². The predicted octanol–water partition coefficient (Wildman–Crippen LogP) is 3.14. The first-order valence-corrected chi connectivity index (χ1v) is 9.26. The van der Waals surface area contributed by atoms with Crippen molar-refractivity contribution in [1.82, 2.24) is 4.72 Å². The van der Waals surface area contributed by atoms with Gasteiger partial charge in [-0.1, -0.05) is 42.6 Å². The molecule has 0 spiro atoms. The molecular weight excluding hydrogens is 349 g/mol. The summed E-state index contributed by atoms with van der Waals surface area (Å²) in [6, 6.07) is 3.93. The van der Waals surface area contributed by atoms with Gasteiger partial charge in [0.05, 0.1) is 15.8 Å². The number of halogens is 2. The Morgan fingerprint density at radius 3 is 2.59 bits per heavy atom. The number of esters is 1. The molecule has 0 aliphatic heterocycles. The number of hydrogen-bond donors (Lipinski definition) is 1. The molecule has 1 aromatic carbocycles. The molecule has 124 valence electrons. The van der Waals surface area contributed by atoms with Crippen molar-refractivity contribution in [3.05, 3.63) is 33.8 Å². The lowest BCUT2D eigenvalue weighted by Crippen LogP contribution is -2.40. The summed E-state index contributed by atoms with van der Waals surface area (Å²) in [5, 5.41) is 0.775. The van der Waals surface area contributed by atoms with Gasteiger partial charge in [0.1, 0.15) is 12.6 Å². The Hall–Kier alpha value is -0.820. The van der Waals surface area contributed by atoms with E-state index in [1.54, 1.807) is 18.2 Å². The van der Waals surface area contributed by atoms with E-state index in [-0.39, 0.29) is 12.4 Å². The van der Waals surface area contributed by atoms with E-state index in [4.69, 9.17) is 27.9 Å². The number of ether oxygens (including phenoxy) is 1. The fourth-order valence-electron chi connectivity index (χ4n) is 1.62. The summed E-state index contributed by atoms with van der Waals surface area (Å²) in [5.74, 6) is -0.653. The zero-order valence-electron chi connectivity index (χ0n) is 12.4. The molecule has 1 atom stereocenters. The number of sulfonamides is 1. The van der Waals surface area contributed by atoms with Gasteiger partial charge in [-0.05, 0) is 31.0 Å². The van der Waals surface area contributed by atoms with Crippen LogP contribution in [0, 0.1) is 0 Å². The number of nitrogens with one attached hydrogen (secondary N) is 1. The summed E-state index contributed by atoms with van der Waals surface area (Å²) in [7, 11) is -3.47. The molecule has 1 N–H and O–H groups in total. The van der Waals surface area contributed by atoms with Crippen molar-refractivity contribution in [2.24, 2.45) is 0 Å². The van der Waals surface area contributed by atoms with Gasteiger partial charge in [-0.3, -0.25) is 4.79 Å². The monoisotopic (exact) mass is 367 g/mol. The third kappa shape index (κ3) is 6.52. The van der Waals surface area contributed by atoms with Gasteiger partial charge < -0.3 is 4.74 Å². The molecule has 0 aliphatic carbocycles. The van der Waals surface area contributed by atoms with Crippen LogP contribution in [0.15, 0.2) is 18.2 Å². The van der Waals surface area contributed by atoms with E-state index < -0.39 is 22.0 Å². The average Bonchev–Trinajstić information content (AvgIpc) is 2.45. The van der Waals surface area contributed by atoms with E-state index in [1.807, 2.05) is 6.92 Å². The number of carbonyl (C=O) groups is 1. The SMILES string of the molecule is CCCCS(=O)(=O)N[C@@H](C)C(=O)OCc1ccc(Cl)c(Cl)c1. The molecule has 1 aromatic rings. The second-order valence-corrected chi connectivity index (χ2v) is 7.56. The van der Waals surface area contributed by atoms with Crippen molar-refractivity contribution < 1.29 is 17.9 Å². The largest absolute Gasteiger partial charge is 0.460 e. The van der Waals surface area contributed by atoms with Crippen molar-refractivity contribution in [2.45, 2.75) is 39.3 Å². The molecule has 0 saturated carbocycles. The number of rotatable bonds is 8. The first-order chi connectivity index (χ1) is 10.2. The van der Waals surface area contributed by atoms with Crippen LogP contribution in [0.2, 0.25) is 10.0 Å². The van der Waals surface area contributed by atoms with Crippen LogP contribution in [0.5, 0.6) is 0 Å². The maximum absolute atomic E-state index is 11.8. The topological polar surface area (TPSA) is 72.5 Å². The number of benzene rings is 1. The zero-order valence-corrected chi connectivity index (χ0v) is 14.8. The van der Waals surface area contributed by atoms with E-state index >= 15 is 0 Å². The Labute approximate surface area is 141 Å². The molecule has 0 unspecified atom stereocenters. The van der Waals surface area contributed by atoms with Crippen LogP contribution in [0.3, 0.4) is 0 Å². The summed E-state index contributed by atoms with van der Waals surface area (Å²) < 4.78 is 30.8. The van der Waals surface area contributed by atoms with Crippen molar-refractivity contribution in [1.29, 1.82) is 0 Å². The van der Waals surface area contributed by atoms with Crippen molar-refractivity contribution >= 4 is 39.2 Å². The van der Waals surface area contributed by atoms with E-state index in [0.29, 0.717) is 22.0 Å². The molecule has 8 heteroatoms. The summed E-state index contributed by atoms with van der Waals surface area (Å²) in [5.41, 5.74) is 0.670. The Morgan fingerprint density at radius 1 is 1.32 bits per heavy atom. The minimum Gasteiger partial charge on any atom is -0.460 e. The summed E-state index contributed by atoms with van der Waals surface area (Å²) in [6.45, 7) is 3.34. The van der Waals surface area contributed by atoms with Crippen LogP contribution in [0.4, 0.5) is 0 Å². The van der Waals surface area contributed by atoms with E-state index in [9.17, 15) is 13.2 Å². The van der Waals surface area contributed by atoms with Gasteiger partial charge in [0, 0.05) is 0 Å². The Kier molecular flexibility index (Phi) is 7.62. The van der Waals surface area contributed by atoms with Gasteiger partial charge in [-0.15, -0.1) is 0 Å². The minimum absolute atomic E-state index is 0.00322. The van der Waals surface area contributed by atoms with Crippen molar-refractivity contribution in [3.8, 4) is 0 Å². The lowest BCUT2D eigenvalue weighted by molar-refractivity contribution is -0.146. The molecule has 0 saturated heterocycles. The third-order valence-corrected chi connectivity index (χ3v) is 5.12. The van der Waals surface area contributed by atoms with Gasteiger partial charge >= 0.3 is 5.97 Å². The normalized spacial score (nSPS) is 12.9. The van der Waals surface area contributed by atoms with Crippen LogP contribution in [0.1, 0.15) is 32.3 Å². The molecule has 0 heterocycles. The highest BCUT2D eigenvalue weighted by molar-refractivity contribution is 7.89. The Bertz CT molecular complexity index is 619. The number of carbonyl (C=O) groups excluding carboxylic acids is 1. The molecule has 0 aromatic heterocycles. The second kappa shape index (κ2) is 8.72. The van der Waals surface area contributed by atoms with E-state index in [1.165, 1.54) is 6.92 Å². The first-order valence-electron chi connectivity index (χ1n) is 6.85. The van der Waals surface area contributed by atoms with Crippen LogP contribution in [-0.2, 0) is 26.2 Å². The highest BCUT2D eigenvalue weighted by atomic mass is 35.5. The quantitative estimate of drug-likeness (QED) is 0.716. The van der Waals surface area contributed by atoms with Crippen LogP contribution < -0.4 is 4.72 Å². The van der Waals surface area contributed by atoms with Crippen LogP contribution >= 0.6 is 23.2 Å². The van der Waals surface area contributed by atoms with Gasteiger partial charge in [0.15, 0.2) is 0 Å². The van der Waals surface area contributed by atoms with Gasteiger partial charge in [-0.2, -0.15) is 0 Å². The minimum atomic E-state index is -3.47. The molecule has 1 rings (SSSR count). The maximum atomic E-state index is 11.8. The van der Waals surface area contributed by atoms with Crippen LogP contribution in [0.25, 0.3) is 0 Å². The summed E-state index contributed by atoms with van der Waals surface area (Å²) in [4.78, 5) is 11.8. The zero-order chi connectivity index (χ0) is 16.8. The average molecular weight is 368 g/mol. The predicted molar refractivity (Wildman–Crippen MR) is 87.6 cm³/mol. The molecule has 5 nitrogen and oxygen atoms in total. The highest BCUT2D eigenvalue weighted by Crippen LogP contribution is 2.22. The summed E-state index contributed by atoms with van der Waals surface area (Å²) >= 11 is 11.7. The van der Waals surface area contributed by atoms with E-state index in [2.05, 4.69) is 4.72 Å². The molecule has 0 radical (unpaired) electrons. The smallest absolute Gasteiger partial charge is 0.324 e. The van der Waals surface area contributed by atoms with Gasteiger partial charge in [-0.25, -0.2) is 13.1 Å². The molecule has 0 fully saturated rings. The van der Waals surface area contributed by atoms with E-state index in [0.717, 1.165) is 6.42 Å². The lowest BCUT2D eigenvalue weighted by atomic mass is 10.2. The van der Waals surface area contributed by atoms with Crippen molar-refractivity contribution in [2.75, 3.05) is 5.75 Å². The highest BCUT2D eigenvalue weighted by Gasteiger charge is 2.21. The molecule has 0 amide bonds. The first kappa shape index (κ1) is 19.2. The number of unbranched alkanes of at least 4 members (excludes halogenated alkanes) is 1. The lowest BCUT2D eigenvalue weighted by Gasteiger charge is -2.13. The molecule has 0 aliphatic rings. The second-order valence-electron chi connectivity index (χ2n) is 4.87. The third-order valence-electron chi connectivity index (χ3n) is 2.84. The maximum Gasteiger partial charge on any atom is 0.324 e. The number of hydrogen-bond acceptors (Lipinski definition) is 4. The van der Waals surface area contributed by atoms with Gasteiger partial charge in [0.25, 0.3) is 0 Å². The molecule has 0 bridgehead atoms. The van der Waals surface area contributed by atoms with Crippen molar-refractivity contribution in [3.63, 3.8) is 0 Å². The fourth-order valence-corrected chi connectivity index (χ4v) is 3.36. The fraction of sp³-hybridized carbons (Fsp3) is 0.500. The Balaban J connectivity index is 2.52. The van der Waals surface area contributed by atoms with Gasteiger partial charge in [0.2, 0.25) is 10.0 Å². The summed E-state index contributed by atoms with van der Waals surface area (Å²) in [6.07, 6.45) is 1.30. The Morgan fingerprint density at radius 2 is 2.00 bits per heavy atom. The molecular formula is C14H19Cl2NO4S. The standard InChI is InChI=1S/C14H19Cl2NO4S/c1-3-4-7-22(19,20)17-10(2)14(18)21-9-11-5-6-12(15)13(16)8-11/h5-6,8,10,17H,3-4,7,9H2,1-2H3/t10-/m0/s1.